The van der Waals surface area contributed by atoms with Gasteiger partial charge in [-0.3, -0.25) is 4.79 Å². The number of benzene rings is 1. The number of nitrogens with zero attached hydrogens (tertiary/aromatic N) is 1. The highest BCUT2D eigenvalue weighted by molar-refractivity contribution is 8.01. The van der Waals surface area contributed by atoms with Gasteiger partial charge >= 0.3 is 0 Å². The third-order valence-electron chi connectivity index (χ3n) is 2.88. The standard InChI is InChI=1S/C14H18N2OS/c1-4-12-14(17)16(8-9(2)3)11-7-10(15)5-6-13(11)18-12/h5-7,12H,2,4,8,15H2,1,3H3. The minimum absolute atomic E-state index is 0.000439. The molecule has 1 atom stereocenters. The second-order valence-electron chi connectivity index (χ2n) is 4.62. The van der Waals surface area contributed by atoms with Gasteiger partial charge in [0.25, 0.3) is 0 Å². The fraction of sp³-hybridized carbons (Fsp3) is 0.357. The second kappa shape index (κ2) is 5.06. The van der Waals surface area contributed by atoms with Gasteiger partial charge in [-0.25, -0.2) is 0 Å². The van der Waals surface area contributed by atoms with Crippen molar-refractivity contribution in [2.75, 3.05) is 17.2 Å². The number of nitrogens with two attached hydrogens (primary N) is 1. The molecule has 0 saturated carbocycles. The first-order valence-corrected chi connectivity index (χ1v) is 6.92. The Morgan fingerprint density at radius 1 is 1.56 bits per heavy atom. The lowest BCUT2D eigenvalue weighted by Gasteiger charge is -2.33. The monoisotopic (exact) mass is 262 g/mol. The van der Waals surface area contributed by atoms with Crippen molar-refractivity contribution in [1.82, 2.24) is 0 Å². The molecule has 0 spiro atoms. The third-order valence-corrected chi connectivity index (χ3v) is 4.30. The SMILES string of the molecule is C=C(C)CN1C(=O)C(CC)Sc2ccc(N)cc21. The molecular formula is C14H18N2OS. The minimum atomic E-state index is 0.000439. The van der Waals surface area contributed by atoms with E-state index < -0.39 is 0 Å². The summed E-state index contributed by atoms with van der Waals surface area (Å²) in [5.41, 5.74) is 8.39. The van der Waals surface area contributed by atoms with Crippen molar-refractivity contribution in [3.63, 3.8) is 0 Å². The Morgan fingerprint density at radius 2 is 2.28 bits per heavy atom. The highest BCUT2D eigenvalue weighted by atomic mass is 32.2. The lowest BCUT2D eigenvalue weighted by atomic mass is 10.2. The molecule has 0 bridgehead atoms. The first kappa shape index (κ1) is 13.0. The van der Waals surface area contributed by atoms with Crippen molar-refractivity contribution in [3.8, 4) is 0 Å². The average Bonchev–Trinajstić information content (AvgIpc) is 2.32. The van der Waals surface area contributed by atoms with E-state index in [1.807, 2.05) is 32.0 Å². The number of rotatable bonds is 3. The van der Waals surface area contributed by atoms with E-state index in [0.717, 1.165) is 22.6 Å². The van der Waals surface area contributed by atoms with Gasteiger partial charge in [0.2, 0.25) is 5.91 Å². The summed E-state index contributed by atoms with van der Waals surface area (Å²) >= 11 is 1.63. The van der Waals surface area contributed by atoms with Crippen molar-refractivity contribution < 1.29 is 4.79 Å². The quantitative estimate of drug-likeness (QED) is 0.672. The van der Waals surface area contributed by atoms with Gasteiger partial charge in [0.1, 0.15) is 0 Å². The van der Waals surface area contributed by atoms with E-state index in [1.54, 1.807) is 16.7 Å². The molecule has 1 aliphatic heterocycles. The van der Waals surface area contributed by atoms with E-state index >= 15 is 0 Å². The smallest absolute Gasteiger partial charge is 0.240 e. The molecule has 1 unspecified atom stereocenters. The molecule has 0 radical (unpaired) electrons. The largest absolute Gasteiger partial charge is 0.399 e. The van der Waals surface area contributed by atoms with E-state index in [0.29, 0.717) is 12.2 Å². The Labute approximate surface area is 112 Å². The molecule has 1 aromatic carbocycles. The molecule has 0 saturated heterocycles. The van der Waals surface area contributed by atoms with Crippen LogP contribution in [0.2, 0.25) is 0 Å². The maximum Gasteiger partial charge on any atom is 0.240 e. The Morgan fingerprint density at radius 3 is 2.89 bits per heavy atom. The van der Waals surface area contributed by atoms with E-state index in [4.69, 9.17) is 5.73 Å². The summed E-state index contributed by atoms with van der Waals surface area (Å²) in [4.78, 5) is 15.3. The van der Waals surface area contributed by atoms with Gasteiger partial charge in [0.15, 0.2) is 0 Å². The van der Waals surface area contributed by atoms with Crippen LogP contribution in [-0.4, -0.2) is 17.7 Å². The van der Waals surface area contributed by atoms with Crippen LogP contribution in [0.25, 0.3) is 0 Å². The number of fused-ring (bicyclic) bond motifs is 1. The second-order valence-corrected chi connectivity index (χ2v) is 5.87. The van der Waals surface area contributed by atoms with Crippen LogP contribution in [-0.2, 0) is 4.79 Å². The lowest BCUT2D eigenvalue weighted by molar-refractivity contribution is -0.118. The molecule has 0 aliphatic carbocycles. The van der Waals surface area contributed by atoms with E-state index in [9.17, 15) is 4.79 Å². The molecule has 1 aromatic rings. The zero-order chi connectivity index (χ0) is 13.3. The predicted molar refractivity (Wildman–Crippen MR) is 78.0 cm³/mol. The summed E-state index contributed by atoms with van der Waals surface area (Å²) < 4.78 is 0. The molecule has 3 nitrogen and oxygen atoms in total. The molecule has 2 N–H and O–H groups in total. The van der Waals surface area contributed by atoms with Crippen LogP contribution in [0.5, 0.6) is 0 Å². The van der Waals surface area contributed by atoms with Crippen LogP contribution in [0.3, 0.4) is 0 Å². The van der Waals surface area contributed by atoms with Crippen molar-refractivity contribution in [1.29, 1.82) is 0 Å². The van der Waals surface area contributed by atoms with Gasteiger partial charge in [-0.1, -0.05) is 19.1 Å². The van der Waals surface area contributed by atoms with Crippen molar-refractivity contribution in [2.45, 2.75) is 30.4 Å². The number of hydrogen-bond acceptors (Lipinski definition) is 3. The fourth-order valence-electron chi connectivity index (χ4n) is 2.03. The van der Waals surface area contributed by atoms with Crippen LogP contribution in [0, 0.1) is 0 Å². The lowest BCUT2D eigenvalue weighted by Crippen LogP contribution is -2.41. The van der Waals surface area contributed by atoms with E-state index in [2.05, 4.69) is 6.58 Å². The maximum absolute atomic E-state index is 12.4. The van der Waals surface area contributed by atoms with Gasteiger partial charge in [0.05, 0.1) is 10.9 Å². The van der Waals surface area contributed by atoms with E-state index in [-0.39, 0.29) is 11.2 Å². The Kier molecular flexibility index (Phi) is 3.66. The zero-order valence-electron chi connectivity index (χ0n) is 10.8. The minimum Gasteiger partial charge on any atom is -0.399 e. The molecule has 1 heterocycles. The van der Waals surface area contributed by atoms with E-state index in [1.165, 1.54) is 0 Å². The van der Waals surface area contributed by atoms with Crippen LogP contribution in [0.1, 0.15) is 20.3 Å². The zero-order valence-corrected chi connectivity index (χ0v) is 11.6. The number of carbonyl (C=O) groups excluding carboxylic acids is 1. The molecule has 1 amide bonds. The Bertz CT molecular complexity index is 499. The summed E-state index contributed by atoms with van der Waals surface area (Å²) in [6, 6.07) is 5.75. The molecule has 0 aromatic heterocycles. The number of anilines is 2. The number of nitrogen functional groups attached to an aromatic ring is 1. The Balaban J connectivity index is 2.45. The Hall–Kier alpha value is -1.42. The number of amides is 1. The van der Waals surface area contributed by atoms with Crippen LogP contribution in [0.15, 0.2) is 35.2 Å². The molecular weight excluding hydrogens is 244 g/mol. The molecule has 1 aliphatic rings. The molecule has 4 heteroatoms. The van der Waals surface area contributed by atoms with Crippen molar-refractivity contribution in [2.24, 2.45) is 0 Å². The van der Waals surface area contributed by atoms with Crippen LogP contribution >= 0.6 is 11.8 Å². The normalized spacial score (nSPS) is 18.7. The summed E-state index contributed by atoms with van der Waals surface area (Å²) in [6.07, 6.45) is 0.833. The van der Waals surface area contributed by atoms with Gasteiger partial charge in [-0.15, -0.1) is 11.8 Å². The third kappa shape index (κ3) is 2.38. The number of hydrogen-bond donors (Lipinski definition) is 1. The highest BCUT2D eigenvalue weighted by Gasteiger charge is 2.32. The summed E-state index contributed by atoms with van der Waals surface area (Å²) in [5.74, 6) is 0.156. The molecule has 0 fully saturated rings. The molecule has 18 heavy (non-hydrogen) atoms. The van der Waals surface area contributed by atoms with Crippen molar-refractivity contribution in [3.05, 3.63) is 30.4 Å². The summed E-state index contributed by atoms with van der Waals surface area (Å²) in [5, 5.41) is 0.000439. The van der Waals surface area contributed by atoms with Crippen LogP contribution in [0.4, 0.5) is 11.4 Å². The fourth-order valence-corrected chi connectivity index (χ4v) is 3.17. The van der Waals surface area contributed by atoms with Gasteiger partial charge in [0, 0.05) is 17.1 Å². The average molecular weight is 262 g/mol. The topological polar surface area (TPSA) is 46.3 Å². The first-order chi connectivity index (χ1) is 8.52. The van der Waals surface area contributed by atoms with Gasteiger partial charge in [-0.05, 0) is 31.5 Å². The van der Waals surface area contributed by atoms with Crippen molar-refractivity contribution >= 4 is 29.0 Å². The first-order valence-electron chi connectivity index (χ1n) is 6.05. The summed E-state index contributed by atoms with van der Waals surface area (Å²) in [7, 11) is 0. The van der Waals surface area contributed by atoms with Gasteiger partial charge < -0.3 is 10.6 Å². The molecule has 2 rings (SSSR count). The maximum atomic E-state index is 12.4. The molecule has 96 valence electrons. The predicted octanol–water partition coefficient (Wildman–Crippen LogP) is 3.06. The number of carbonyl (C=O) groups is 1. The highest BCUT2D eigenvalue weighted by Crippen LogP contribution is 2.41. The van der Waals surface area contributed by atoms with Crippen LogP contribution < -0.4 is 10.6 Å². The van der Waals surface area contributed by atoms with Gasteiger partial charge in [-0.2, -0.15) is 0 Å². The summed E-state index contributed by atoms with van der Waals surface area (Å²) in [6.45, 7) is 8.43. The number of thioether (sulfide) groups is 1.